The first-order valence-electron chi connectivity index (χ1n) is 5.49. The molecule has 0 aromatic rings. The summed E-state index contributed by atoms with van der Waals surface area (Å²) in [6.45, 7) is 8.06. The zero-order valence-corrected chi connectivity index (χ0v) is 9.99. The maximum atomic E-state index is 11.8. The summed E-state index contributed by atoms with van der Waals surface area (Å²) in [6.07, 6.45) is 0.852. The fourth-order valence-corrected chi connectivity index (χ4v) is 1.70. The molecule has 1 fully saturated rings. The van der Waals surface area contributed by atoms with E-state index in [-0.39, 0.29) is 12.1 Å². The molecule has 0 saturated carbocycles. The lowest BCUT2D eigenvalue weighted by molar-refractivity contribution is -0.0181. The predicted molar refractivity (Wildman–Crippen MR) is 57.6 cm³/mol. The second kappa shape index (κ2) is 4.39. The van der Waals surface area contributed by atoms with Crippen molar-refractivity contribution >= 4 is 6.09 Å². The van der Waals surface area contributed by atoms with Crippen molar-refractivity contribution < 1.29 is 14.6 Å². The molecule has 1 unspecified atom stereocenters. The Kier molecular flexibility index (Phi) is 3.60. The van der Waals surface area contributed by atoms with E-state index in [2.05, 4.69) is 0 Å². The van der Waals surface area contributed by atoms with E-state index in [4.69, 9.17) is 4.74 Å². The number of aliphatic hydroxyl groups excluding tert-OH is 1. The molecule has 15 heavy (non-hydrogen) atoms. The van der Waals surface area contributed by atoms with Gasteiger partial charge in [0.1, 0.15) is 5.60 Å². The van der Waals surface area contributed by atoms with Crippen LogP contribution in [-0.4, -0.2) is 40.4 Å². The summed E-state index contributed by atoms with van der Waals surface area (Å²) < 4.78 is 5.27. The first-order valence-corrected chi connectivity index (χ1v) is 5.49. The van der Waals surface area contributed by atoms with Crippen LogP contribution in [0.2, 0.25) is 0 Å². The molecule has 88 valence electrons. The van der Waals surface area contributed by atoms with Gasteiger partial charge in [0, 0.05) is 6.54 Å². The largest absolute Gasteiger partial charge is 0.444 e. The van der Waals surface area contributed by atoms with Crippen molar-refractivity contribution in [1.29, 1.82) is 0 Å². The SMILES string of the molecule is C[C@H]1C(O)CCCN1C(=O)OC(C)(C)C. The molecule has 1 heterocycles. The zero-order valence-electron chi connectivity index (χ0n) is 9.99. The molecule has 4 heteroatoms. The maximum Gasteiger partial charge on any atom is 0.410 e. The van der Waals surface area contributed by atoms with Gasteiger partial charge in [-0.1, -0.05) is 0 Å². The van der Waals surface area contributed by atoms with Gasteiger partial charge in [0.05, 0.1) is 12.1 Å². The first kappa shape index (κ1) is 12.3. The average molecular weight is 215 g/mol. The van der Waals surface area contributed by atoms with Crippen molar-refractivity contribution in [3.05, 3.63) is 0 Å². The van der Waals surface area contributed by atoms with Gasteiger partial charge in [0.2, 0.25) is 0 Å². The lowest BCUT2D eigenvalue weighted by atomic mass is 10.0. The molecule has 1 N–H and O–H groups in total. The van der Waals surface area contributed by atoms with E-state index >= 15 is 0 Å². The minimum absolute atomic E-state index is 0.145. The van der Waals surface area contributed by atoms with Gasteiger partial charge in [-0.2, -0.15) is 0 Å². The Morgan fingerprint density at radius 2 is 2.07 bits per heavy atom. The average Bonchev–Trinajstić information content (AvgIpc) is 2.06. The second-order valence-electron chi connectivity index (χ2n) is 5.12. The normalized spacial score (nSPS) is 27.7. The lowest BCUT2D eigenvalue weighted by Gasteiger charge is -2.37. The highest BCUT2D eigenvalue weighted by Crippen LogP contribution is 2.20. The van der Waals surface area contributed by atoms with E-state index in [1.165, 1.54) is 0 Å². The molecule has 4 nitrogen and oxygen atoms in total. The van der Waals surface area contributed by atoms with Gasteiger partial charge in [0.25, 0.3) is 0 Å². The number of aliphatic hydroxyl groups is 1. The van der Waals surface area contributed by atoms with Crippen molar-refractivity contribution in [2.75, 3.05) is 6.54 Å². The molecule has 1 aliphatic heterocycles. The fraction of sp³-hybridized carbons (Fsp3) is 0.909. The zero-order chi connectivity index (χ0) is 11.6. The Morgan fingerprint density at radius 3 is 2.60 bits per heavy atom. The van der Waals surface area contributed by atoms with Gasteiger partial charge in [0.15, 0.2) is 0 Å². The van der Waals surface area contributed by atoms with Gasteiger partial charge in [-0.15, -0.1) is 0 Å². The molecule has 1 rings (SSSR count). The van der Waals surface area contributed by atoms with Crippen LogP contribution in [0.1, 0.15) is 40.5 Å². The van der Waals surface area contributed by atoms with Crippen molar-refractivity contribution in [2.45, 2.75) is 58.3 Å². The summed E-state index contributed by atoms with van der Waals surface area (Å²) >= 11 is 0. The number of ether oxygens (including phenoxy) is 1. The van der Waals surface area contributed by atoms with E-state index < -0.39 is 11.7 Å². The van der Waals surface area contributed by atoms with Crippen LogP contribution in [0.3, 0.4) is 0 Å². The van der Waals surface area contributed by atoms with Gasteiger partial charge >= 0.3 is 6.09 Å². The minimum Gasteiger partial charge on any atom is -0.444 e. The topological polar surface area (TPSA) is 49.8 Å². The van der Waals surface area contributed by atoms with Crippen molar-refractivity contribution in [3.63, 3.8) is 0 Å². The summed E-state index contributed by atoms with van der Waals surface area (Å²) in [7, 11) is 0. The number of carbonyl (C=O) groups excluding carboxylic acids is 1. The van der Waals surface area contributed by atoms with Crippen LogP contribution in [0.5, 0.6) is 0 Å². The van der Waals surface area contributed by atoms with Crippen LogP contribution in [-0.2, 0) is 4.74 Å². The Morgan fingerprint density at radius 1 is 1.47 bits per heavy atom. The Labute approximate surface area is 91.2 Å². The molecular formula is C11H21NO3. The van der Waals surface area contributed by atoms with Crippen LogP contribution < -0.4 is 0 Å². The molecule has 2 atom stereocenters. The quantitative estimate of drug-likeness (QED) is 0.670. The van der Waals surface area contributed by atoms with E-state index in [0.717, 1.165) is 12.8 Å². The fourth-order valence-electron chi connectivity index (χ4n) is 1.70. The summed E-state index contributed by atoms with van der Waals surface area (Å²) in [6, 6.07) is -0.145. The third-order valence-electron chi connectivity index (χ3n) is 2.58. The van der Waals surface area contributed by atoms with E-state index in [1.54, 1.807) is 4.90 Å². The number of piperidine rings is 1. The number of rotatable bonds is 0. The minimum atomic E-state index is -0.473. The van der Waals surface area contributed by atoms with Crippen LogP contribution in [0, 0.1) is 0 Å². The van der Waals surface area contributed by atoms with Crippen LogP contribution in [0.4, 0.5) is 4.79 Å². The monoisotopic (exact) mass is 215 g/mol. The van der Waals surface area contributed by atoms with Crippen molar-refractivity contribution in [3.8, 4) is 0 Å². The van der Waals surface area contributed by atoms with Crippen LogP contribution >= 0.6 is 0 Å². The Balaban J connectivity index is 2.59. The maximum absolute atomic E-state index is 11.8. The van der Waals surface area contributed by atoms with Crippen molar-refractivity contribution in [2.24, 2.45) is 0 Å². The number of hydrogen-bond donors (Lipinski definition) is 1. The molecule has 0 aromatic heterocycles. The molecule has 0 radical (unpaired) electrons. The molecule has 1 amide bonds. The van der Waals surface area contributed by atoms with Gasteiger partial charge in [-0.25, -0.2) is 4.79 Å². The molecule has 1 aliphatic rings. The summed E-state index contributed by atoms with van der Waals surface area (Å²) in [5, 5.41) is 9.65. The highest BCUT2D eigenvalue weighted by atomic mass is 16.6. The van der Waals surface area contributed by atoms with Crippen molar-refractivity contribution in [1.82, 2.24) is 4.90 Å². The molecule has 1 saturated heterocycles. The standard InChI is InChI=1S/C11H21NO3/c1-8-9(13)6-5-7-12(8)10(14)15-11(2,3)4/h8-9,13H,5-7H2,1-4H3/t8-,9?/m0/s1. The van der Waals surface area contributed by atoms with E-state index in [0.29, 0.717) is 6.54 Å². The summed E-state index contributed by atoms with van der Waals surface area (Å²) in [5.74, 6) is 0. The van der Waals surface area contributed by atoms with Crippen LogP contribution in [0.25, 0.3) is 0 Å². The molecular weight excluding hydrogens is 194 g/mol. The lowest BCUT2D eigenvalue weighted by Crippen LogP contribution is -2.50. The predicted octanol–water partition coefficient (Wildman–Crippen LogP) is 1.77. The number of amides is 1. The Bertz CT molecular complexity index is 234. The number of likely N-dealkylation sites (tertiary alicyclic amines) is 1. The van der Waals surface area contributed by atoms with E-state index in [1.807, 2.05) is 27.7 Å². The summed E-state index contributed by atoms with van der Waals surface area (Å²) in [4.78, 5) is 13.4. The highest BCUT2D eigenvalue weighted by Gasteiger charge is 2.32. The smallest absolute Gasteiger partial charge is 0.410 e. The molecule has 0 bridgehead atoms. The third-order valence-corrected chi connectivity index (χ3v) is 2.58. The van der Waals surface area contributed by atoms with Gasteiger partial charge in [-0.3, -0.25) is 0 Å². The van der Waals surface area contributed by atoms with Gasteiger partial charge in [-0.05, 0) is 40.5 Å². The first-order chi connectivity index (χ1) is 6.81. The number of carbonyl (C=O) groups is 1. The van der Waals surface area contributed by atoms with E-state index in [9.17, 15) is 9.90 Å². The molecule has 0 aromatic carbocycles. The molecule has 0 spiro atoms. The number of nitrogens with zero attached hydrogens (tertiary/aromatic N) is 1. The second-order valence-corrected chi connectivity index (χ2v) is 5.12. The molecule has 0 aliphatic carbocycles. The number of hydrogen-bond acceptors (Lipinski definition) is 3. The highest BCUT2D eigenvalue weighted by molar-refractivity contribution is 5.68. The third kappa shape index (κ3) is 3.38. The Hall–Kier alpha value is -0.770. The van der Waals surface area contributed by atoms with Crippen LogP contribution in [0.15, 0.2) is 0 Å². The summed E-state index contributed by atoms with van der Waals surface area (Å²) in [5.41, 5.74) is -0.473. The van der Waals surface area contributed by atoms with Gasteiger partial charge < -0.3 is 14.7 Å².